The number of nitrogens with two attached hydrogens (primary N) is 1. The number of rotatable bonds is 8. The molecule has 0 aliphatic heterocycles. The lowest BCUT2D eigenvalue weighted by atomic mass is 10.4. The third-order valence-electron chi connectivity index (χ3n) is 3.20. The number of amides is 1. The van der Waals surface area contributed by atoms with Crippen LogP contribution in [-0.4, -0.2) is 55.6 Å². The van der Waals surface area contributed by atoms with E-state index in [1.807, 2.05) is 7.05 Å². The van der Waals surface area contributed by atoms with E-state index >= 15 is 0 Å². The van der Waals surface area contributed by atoms with Gasteiger partial charge in [-0.05, 0) is 27.4 Å². The highest BCUT2D eigenvalue weighted by Gasteiger charge is 2.18. The lowest BCUT2D eigenvalue weighted by molar-refractivity contribution is 0.0955. The van der Waals surface area contributed by atoms with Gasteiger partial charge in [0.25, 0.3) is 5.91 Å². The van der Waals surface area contributed by atoms with Crippen molar-refractivity contribution in [2.45, 2.75) is 20.8 Å². The summed E-state index contributed by atoms with van der Waals surface area (Å²) < 4.78 is 0. The van der Waals surface area contributed by atoms with Crippen LogP contribution in [0.15, 0.2) is 0 Å². The summed E-state index contributed by atoms with van der Waals surface area (Å²) in [4.78, 5) is 21.1. The Balaban J connectivity index is 2.64. The average Bonchev–Trinajstić information content (AvgIpc) is 2.81. The highest BCUT2D eigenvalue weighted by atomic mass is 32.1. The van der Waals surface area contributed by atoms with Crippen LogP contribution in [0.3, 0.4) is 0 Å². The number of thiazole rings is 1. The van der Waals surface area contributed by atoms with Gasteiger partial charge in [0.15, 0.2) is 5.13 Å². The fourth-order valence-corrected chi connectivity index (χ4v) is 2.74. The zero-order valence-electron chi connectivity index (χ0n) is 12.8. The van der Waals surface area contributed by atoms with Gasteiger partial charge in [-0.3, -0.25) is 4.79 Å². The van der Waals surface area contributed by atoms with Crippen LogP contribution in [0, 0.1) is 0 Å². The maximum Gasteiger partial charge on any atom is 0.265 e. The van der Waals surface area contributed by atoms with Crippen molar-refractivity contribution >= 4 is 28.2 Å². The molecule has 0 aliphatic rings. The summed E-state index contributed by atoms with van der Waals surface area (Å²) in [5.74, 6) is 0.182. The molecule has 0 fully saturated rings. The Hall–Kier alpha value is -1.34. The average molecular weight is 299 g/mol. The van der Waals surface area contributed by atoms with Crippen molar-refractivity contribution in [1.82, 2.24) is 15.2 Å². The first-order chi connectivity index (χ1) is 9.53. The van der Waals surface area contributed by atoms with Gasteiger partial charge in [0.1, 0.15) is 10.7 Å². The Kier molecular flexibility index (Phi) is 6.74. The molecule has 1 rings (SSSR count). The Morgan fingerprint density at radius 1 is 1.30 bits per heavy atom. The molecule has 7 heteroatoms. The number of aromatic nitrogens is 1. The van der Waals surface area contributed by atoms with Gasteiger partial charge >= 0.3 is 0 Å². The Morgan fingerprint density at radius 3 is 2.50 bits per heavy atom. The maximum atomic E-state index is 12.1. The third kappa shape index (κ3) is 4.35. The number of nitrogens with zero attached hydrogens (tertiary/aromatic N) is 3. The molecule has 1 aromatic rings. The molecule has 0 atom stereocenters. The van der Waals surface area contributed by atoms with E-state index in [2.05, 4.69) is 40.9 Å². The van der Waals surface area contributed by atoms with Gasteiger partial charge in [0.05, 0.1) is 0 Å². The van der Waals surface area contributed by atoms with E-state index in [-0.39, 0.29) is 5.91 Å². The highest BCUT2D eigenvalue weighted by molar-refractivity contribution is 7.18. The number of nitrogens with one attached hydrogen (secondary N) is 1. The lowest BCUT2D eigenvalue weighted by Crippen LogP contribution is -2.32. The highest BCUT2D eigenvalue weighted by Crippen LogP contribution is 2.27. The van der Waals surface area contributed by atoms with Crippen LogP contribution < -0.4 is 16.0 Å². The molecule has 114 valence electrons. The molecular formula is C13H25N5OS. The minimum atomic E-state index is -0.136. The van der Waals surface area contributed by atoms with Crippen LogP contribution in [0.5, 0.6) is 0 Å². The fourth-order valence-electron chi connectivity index (χ4n) is 1.71. The monoisotopic (exact) mass is 299 g/mol. The molecule has 1 amide bonds. The van der Waals surface area contributed by atoms with E-state index in [1.54, 1.807) is 0 Å². The van der Waals surface area contributed by atoms with Gasteiger partial charge in [-0.2, -0.15) is 0 Å². The van der Waals surface area contributed by atoms with Gasteiger partial charge in [-0.25, -0.2) is 4.98 Å². The van der Waals surface area contributed by atoms with E-state index in [1.165, 1.54) is 11.3 Å². The van der Waals surface area contributed by atoms with Crippen LogP contribution in [0.1, 0.15) is 30.4 Å². The van der Waals surface area contributed by atoms with E-state index < -0.39 is 0 Å². The summed E-state index contributed by atoms with van der Waals surface area (Å²) in [6.07, 6.45) is 0. The van der Waals surface area contributed by atoms with Crippen molar-refractivity contribution in [2.75, 3.05) is 50.4 Å². The van der Waals surface area contributed by atoms with E-state index in [0.29, 0.717) is 17.2 Å². The van der Waals surface area contributed by atoms with Crippen molar-refractivity contribution in [2.24, 2.45) is 0 Å². The van der Waals surface area contributed by atoms with Crippen LogP contribution in [0.4, 0.5) is 10.9 Å². The van der Waals surface area contributed by atoms with Crippen LogP contribution >= 0.6 is 11.3 Å². The van der Waals surface area contributed by atoms with E-state index in [9.17, 15) is 4.79 Å². The van der Waals surface area contributed by atoms with Gasteiger partial charge in [-0.1, -0.05) is 18.3 Å². The number of carbonyl (C=O) groups excluding carboxylic acids is 1. The molecule has 0 aliphatic carbocycles. The number of anilines is 2. The zero-order chi connectivity index (χ0) is 15.1. The van der Waals surface area contributed by atoms with Crippen LogP contribution in [-0.2, 0) is 0 Å². The summed E-state index contributed by atoms with van der Waals surface area (Å²) in [6, 6.07) is 0. The first kappa shape index (κ1) is 16.7. The SMILES string of the molecule is CCN(C)CCNC(=O)c1sc(N(CC)CC)nc1N. The first-order valence-corrected chi connectivity index (χ1v) is 7.83. The smallest absolute Gasteiger partial charge is 0.265 e. The second-order valence-electron chi connectivity index (χ2n) is 4.53. The van der Waals surface area contributed by atoms with E-state index in [0.717, 1.165) is 31.3 Å². The number of carbonyl (C=O) groups is 1. The Morgan fingerprint density at radius 2 is 1.95 bits per heavy atom. The topological polar surface area (TPSA) is 74.5 Å². The summed E-state index contributed by atoms with van der Waals surface area (Å²) in [6.45, 7) is 10.3. The largest absolute Gasteiger partial charge is 0.382 e. The van der Waals surface area contributed by atoms with Crippen molar-refractivity contribution in [1.29, 1.82) is 0 Å². The molecule has 20 heavy (non-hydrogen) atoms. The first-order valence-electron chi connectivity index (χ1n) is 7.01. The van der Waals surface area contributed by atoms with Crippen molar-refractivity contribution in [3.8, 4) is 0 Å². The van der Waals surface area contributed by atoms with Crippen molar-refractivity contribution in [3.05, 3.63) is 4.88 Å². The Bertz CT molecular complexity index is 430. The molecule has 0 bridgehead atoms. The summed E-state index contributed by atoms with van der Waals surface area (Å²) in [5.41, 5.74) is 5.85. The second-order valence-corrected chi connectivity index (χ2v) is 5.51. The van der Waals surface area contributed by atoms with Gasteiger partial charge < -0.3 is 20.9 Å². The van der Waals surface area contributed by atoms with Gasteiger partial charge in [0.2, 0.25) is 0 Å². The van der Waals surface area contributed by atoms with Crippen molar-refractivity contribution in [3.63, 3.8) is 0 Å². The number of likely N-dealkylation sites (N-methyl/N-ethyl adjacent to an activating group) is 1. The molecule has 0 aromatic carbocycles. The third-order valence-corrected chi connectivity index (χ3v) is 4.33. The van der Waals surface area contributed by atoms with Crippen LogP contribution in [0.25, 0.3) is 0 Å². The quantitative estimate of drug-likeness (QED) is 0.756. The second kappa shape index (κ2) is 8.06. The van der Waals surface area contributed by atoms with Gasteiger partial charge in [0, 0.05) is 26.2 Å². The standard InChI is InChI=1S/C13H25N5OS/c1-5-17(4)9-8-15-12(19)10-11(14)16-13(20-10)18(6-2)7-3/h5-9,14H2,1-4H3,(H,15,19). The van der Waals surface area contributed by atoms with E-state index in [4.69, 9.17) is 5.73 Å². The molecule has 0 unspecified atom stereocenters. The molecule has 0 radical (unpaired) electrons. The predicted octanol–water partition coefficient (Wildman–Crippen LogP) is 1.25. The molecule has 0 spiro atoms. The number of hydrogen-bond acceptors (Lipinski definition) is 6. The summed E-state index contributed by atoms with van der Waals surface area (Å²) in [7, 11) is 2.02. The number of hydrogen-bond donors (Lipinski definition) is 2. The number of nitrogen functional groups attached to an aromatic ring is 1. The Labute approximate surface area is 125 Å². The zero-order valence-corrected chi connectivity index (χ0v) is 13.6. The molecular weight excluding hydrogens is 274 g/mol. The molecule has 3 N–H and O–H groups in total. The molecule has 1 heterocycles. The normalized spacial score (nSPS) is 10.8. The molecule has 0 saturated heterocycles. The maximum absolute atomic E-state index is 12.1. The predicted molar refractivity (Wildman–Crippen MR) is 85.6 cm³/mol. The fraction of sp³-hybridized carbons (Fsp3) is 0.692. The van der Waals surface area contributed by atoms with Crippen molar-refractivity contribution < 1.29 is 4.79 Å². The summed E-state index contributed by atoms with van der Waals surface area (Å²) >= 11 is 1.35. The van der Waals surface area contributed by atoms with Gasteiger partial charge in [-0.15, -0.1) is 0 Å². The lowest BCUT2D eigenvalue weighted by Gasteiger charge is -2.16. The summed E-state index contributed by atoms with van der Waals surface area (Å²) in [5, 5.41) is 3.69. The molecule has 0 saturated carbocycles. The minimum Gasteiger partial charge on any atom is -0.382 e. The molecule has 6 nitrogen and oxygen atoms in total. The molecule has 1 aromatic heterocycles. The van der Waals surface area contributed by atoms with Crippen LogP contribution in [0.2, 0.25) is 0 Å². The minimum absolute atomic E-state index is 0.136.